The Morgan fingerprint density at radius 3 is 2.63 bits per heavy atom. The van der Waals surface area contributed by atoms with Gasteiger partial charge in [0.05, 0.1) is 11.6 Å². The summed E-state index contributed by atoms with van der Waals surface area (Å²) in [5, 5.41) is 3.29. The lowest BCUT2D eigenvalue weighted by atomic mass is 9.99. The average Bonchev–Trinajstić information content (AvgIpc) is 2.42. The summed E-state index contributed by atoms with van der Waals surface area (Å²) in [6.07, 6.45) is 5.93. The van der Waals surface area contributed by atoms with Gasteiger partial charge in [-0.1, -0.05) is 32.6 Å². The first-order valence-electron chi connectivity index (χ1n) is 6.84. The van der Waals surface area contributed by atoms with Gasteiger partial charge in [0.1, 0.15) is 11.6 Å². The Morgan fingerprint density at radius 1 is 1.32 bits per heavy atom. The molecule has 0 saturated carbocycles. The minimum absolute atomic E-state index is 0.198. The number of benzene rings is 1. The van der Waals surface area contributed by atoms with Crippen LogP contribution < -0.4 is 10.1 Å². The molecule has 108 valence electrons. The van der Waals surface area contributed by atoms with E-state index in [4.69, 9.17) is 4.74 Å². The Morgan fingerprint density at radius 2 is 2.05 bits per heavy atom. The van der Waals surface area contributed by atoms with Gasteiger partial charge >= 0.3 is 0 Å². The molecular weight excluding hydrogens is 309 g/mol. The molecule has 1 aromatic carbocycles. The number of unbranched alkanes of at least 4 members (excludes halogenated alkanes) is 3. The van der Waals surface area contributed by atoms with Gasteiger partial charge in [0.25, 0.3) is 0 Å². The minimum Gasteiger partial charge on any atom is -0.496 e. The Labute approximate surface area is 123 Å². The van der Waals surface area contributed by atoms with E-state index >= 15 is 0 Å². The van der Waals surface area contributed by atoms with Crippen LogP contribution in [-0.4, -0.2) is 14.2 Å². The summed E-state index contributed by atoms with van der Waals surface area (Å²) >= 11 is 3.24. The zero-order chi connectivity index (χ0) is 14.3. The number of hydrogen-bond acceptors (Lipinski definition) is 2. The molecule has 0 fully saturated rings. The number of methoxy groups -OCH3 is 1. The molecule has 2 nitrogen and oxygen atoms in total. The molecule has 0 bridgehead atoms. The summed E-state index contributed by atoms with van der Waals surface area (Å²) in [7, 11) is 3.51. The molecule has 0 saturated heterocycles. The summed E-state index contributed by atoms with van der Waals surface area (Å²) < 4.78 is 19.3. The molecule has 0 amide bonds. The van der Waals surface area contributed by atoms with Crippen molar-refractivity contribution in [3.63, 3.8) is 0 Å². The minimum atomic E-state index is -0.290. The maximum absolute atomic E-state index is 13.5. The standard InChI is InChI=1S/C15H23BrFNO/c1-4-5-6-7-8-14(18-2)11-9-12(16)13(17)10-15(11)19-3/h9-10,14,18H,4-8H2,1-3H3. The second-order valence-electron chi connectivity index (χ2n) is 4.70. The molecule has 0 aliphatic heterocycles. The van der Waals surface area contributed by atoms with Crippen LogP contribution in [0, 0.1) is 5.82 Å². The van der Waals surface area contributed by atoms with E-state index in [9.17, 15) is 4.39 Å². The van der Waals surface area contributed by atoms with E-state index in [0.29, 0.717) is 10.2 Å². The highest BCUT2D eigenvalue weighted by molar-refractivity contribution is 9.10. The van der Waals surface area contributed by atoms with Gasteiger partial charge < -0.3 is 10.1 Å². The van der Waals surface area contributed by atoms with Crippen LogP contribution in [0.3, 0.4) is 0 Å². The maximum atomic E-state index is 13.5. The summed E-state index contributed by atoms with van der Waals surface area (Å²) in [6.45, 7) is 2.20. The van der Waals surface area contributed by atoms with Crippen LogP contribution >= 0.6 is 15.9 Å². The second-order valence-corrected chi connectivity index (χ2v) is 5.55. The van der Waals surface area contributed by atoms with Crippen LogP contribution in [0.4, 0.5) is 4.39 Å². The number of halogens is 2. The third-order valence-electron chi connectivity index (χ3n) is 3.34. The van der Waals surface area contributed by atoms with E-state index in [2.05, 4.69) is 28.2 Å². The van der Waals surface area contributed by atoms with Crippen LogP contribution in [0.2, 0.25) is 0 Å². The van der Waals surface area contributed by atoms with Crippen molar-refractivity contribution in [3.05, 3.63) is 28.0 Å². The van der Waals surface area contributed by atoms with Gasteiger partial charge in [-0.15, -0.1) is 0 Å². The van der Waals surface area contributed by atoms with Crippen LogP contribution in [0.25, 0.3) is 0 Å². The van der Waals surface area contributed by atoms with Gasteiger partial charge in [-0.05, 0) is 35.5 Å². The van der Waals surface area contributed by atoms with E-state index in [1.54, 1.807) is 7.11 Å². The molecule has 0 aromatic heterocycles. The average molecular weight is 332 g/mol. The molecule has 0 heterocycles. The highest BCUT2D eigenvalue weighted by atomic mass is 79.9. The van der Waals surface area contributed by atoms with E-state index < -0.39 is 0 Å². The first kappa shape index (κ1) is 16.4. The van der Waals surface area contributed by atoms with Gasteiger partial charge in [-0.3, -0.25) is 0 Å². The Bertz CT molecular complexity index is 398. The highest BCUT2D eigenvalue weighted by Gasteiger charge is 2.16. The SMILES string of the molecule is CCCCCCC(NC)c1cc(Br)c(F)cc1OC. The molecule has 1 rings (SSSR count). The molecule has 0 aliphatic rings. The molecule has 0 aliphatic carbocycles. The Kier molecular flexibility index (Phi) is 7.39. The van der Waals surface area contributed by atoms with Gasteiger partial charge in [-0.25, -0.2) is 4.39 Å². The van der Waals surface area contributed by atoms with Crippen LogP contribution in [0.15, 0.2) is 16.6 Å². The molecule has 0 spiro atoms. The maximum Gasteiger partial charge on any atom is 0.141 e. The van der Waals surface area contributed by atoms with Crippen LogP contribution in [-0.2, 0) is 0 Å². The van der Waals surface area contributed by atoms with Crippen molar-refractivity contribution in [3.8, 4) is 5.75 Å². The van der Waals surface area contributed by atoms with Gasteiger partial charge in [0.2, 0.25) is 0 Å². The van der Waals surface area contributed by atoms with Crippen molar-refractivity contribution in [2.75, 3.05) is 14.2 Å². The largest absolute Gasteiger partial charge is 0.496 e. The van der Waals surface area contributed by atoms with E-state index in [0.717, 1.165) is 18.4 Å². The fraction of sp³-hybridized carbons (Fsp3) is 0.600. The third-order valence-corrected chi connectivity index (χ3v) is 3.95. The molecule has 1 N–H and O–H groups in total. The first-order valence-corrected chi connectivity index (χ1v) is 7.63. The summed E-state index contributed by atoms with van der Waals surface area (Å²) in [6, 6.07) is 3.45. The van der Waals surface area contributed by atoms with Gasteiger partial charge in [0.15, 0.2) is 0 Å². The van der Waals surface area contributed by atoms with Crippen molar-refractivity contribution in [2.24, 2.45) is 0 Å². The van der Waals surface area contributed by atoms with Gasteiger partial charge in [-0.2, -0.15) is 0 Å². The van der Waals surface area contributed by atoms with Crippen molar-refractivity contribution in [1.82, 2.24) is 5.32 Å². The predicted octanol–water partition coefficient (Wildman–Crippen LogP) is 4.83. The van der Waals surface area contributed by atoms with Crippen molar-refractivity contribution < 1.29 is 9.13 Å². The Hall–Kier alpha value is -0.610. The molecule has 1 unspecified atom stereocenters. The lowest BCUT2D eigenvalue weighted by molar-refractivity contribution is 0.392. The lowest BCUT2D eigenvalue weighted by Crippen LogP contribution is -2.17. The lowest BCUT2D eigenvalue weighted by Gasteiger charge is -2.20. The highest BCUT2D eigenvalue weighted by Crippen LogP contribution is 2.33. The quantitative estimate of drug-likeness (QED) is 0.689. The van der Waals surface area contributed by atoms with Gasteiger partial charge in [0, 0.05) is 17.7 Å². The van der Waals surface area contributed by atoms with Crippen molar-refractivity contribution in [2.45, 2.75) is 45.1 Å². The molecule has 1 aromatic rings. The summed E-state index contributed by atoms with van der Waals surface area (Å²) in [5.74, 6) is 0.317. The monoisotopic (exact) mass is 331 g/mol. The van der Waals surface area contributed by atoms with Crippen LogP contribution in [0.1, 0.15) is 50.6 Å². The van der Waals surface area contributed by atoms with Crippen LogP contribution in [0.5, 0.6) is 5.75 Å². The smallest absolute Gasteiger partial charge is 0.141 e. The fourth-order valence-electron chi connectivity index (χ4n) is 2.22. The number of hydrogen-bond donors (Lipinski definition) is 1. The molecule has 0 radical (unpaired) electrons. The van der Waals surface area contributed by atoms with Crippen molar-refractivity contribution in [1.29, 1.82) is 0 Å². The topological polar surface area (TPSA) is 21.3 Å². The molecule has 1 atom stereocenters. The normalized spacial score (nSPS) is 12.5. The molecule has 4 heteroatoms. The number of nitrogens with one attached hydrogen (secondary N) is 1. The summed E-state index contributed by atoms with van der Waals surface area (Å²) in [5.41, 5.74) is 1.01. The second kappa shape index (κ2) is 8.54. The van der Waals surface area contributed by atoms with E-state index in [1.807, 2.05) is 13.1 Å². The fourth-order valence-corrected chi connectivity index (χ4v) is 2.58. The predicted molar refractivity (Wildman–Crippen MR) is 81.2 cm³/mol. The molecule has 19 heavy (non-hydrogen) atoms. The zero-order valence-electron chi connectivity index (χ0n) is 11.9. The molecular formula is C15H23BrFNO. The number of ether oxygens (including phenoxy) is 1. The first-order chi connectivity index (χ1) is 9.13. The summed E-state index contributed by atoms with van der Waals surface area (Å²) in [4.78, 5) is 0. The third kappa shape index (κ3) is 4.77. The van der Waals surface area contributed by atoms with Crippen molar-refractivity contribution >= 4 is 15.9 Å². The Balaban J connectivity index is 2.81. The van der Waals surface area contributed by atoms with E-state index in [1.165, 1.54) is 25.3 Å². The zero-order valence-corrected chi connectivity index (χ0v) is 13.5. The number of rotatable bonds is 8. The van der Waals surface area contributed by atoms with E-state index in [-0.39, 0.29) is 11.9 Å².